The summed E-state index contributed by atoms with van der Waals surface area (Å²) in [6.07, 6.45) is 1.49. The quantitative estimate of drug-likeness (QED) is 0.680. The van der Waals surface area contributed by atoms with Crippen LogP contribution >= 0.6 is 0 Å². The highest BCUT2D eigenvalue weighted by atomic mass is 19.1. The molecule has 0 spiro atoms. The van der Waals surface area contributed by atoms with Crippen molar-refractivity contribution in [3.05, 3.63) is 30.3 Å². The number of nitrogen functional groups attached to an aromatic ring is 1. The van der Waals surface area contributed by atoms with Gasteiger partial charge in [0.25, 0.3) is 0 Å². The van der Waals surface area contributed by atoms with Crippen molar-refractivity contribution in [3.63, 3.8) is 0 Å². The average molecular weight is 288 g/mol. The highest BCUT2D eigenvalue weighted by molar-refractivity contribution is 5.85. The molecule has 8 heteroatoms. The van der Waals surface area contributed by atoms with Crippen molar-refractivity contribution < 1.29 is 9.13 Å². The van der Waals surface area contributed by atoms with Crippen LogP contribution in [-0.2, 0) is 0 Å². The molecule has 0 atom stereocenters. The Bertz CT molecular complexity index is 787. The Morgan fingerprint density at radius 1 is 1.38 bits per heavy atom. The van der Waals surface area contributed by atoms with Crippen LogP contribution in [0.5, 0.6) is 5.75 Å². The van der Waals surface area contributed by atoms with Gasteiger partial charge in [0.05, 0.1) is 12.9 Å². The topological polar surface area (TPSA) is 102 Å². The number of H-pyrrole nitrogens is 1. The highest BCUT2D eigenvalue weighted by Gasteiger charge is 2.10. The van der Waals surface area contributed by atoms with Crippen molar-refractivity contribution in [2.24, 2.45) is 0 Å². The van der Waals surface area contributed by atoms with Gasteiger partial charge in [0.1, 0.15) is 5.52 Å². The molecule has 0 saturated carbocycles. The summed E-state index contributed by atoms with van der Waals surface area (Å²) in [6, 6.07) is 4.57. The minimum absolute atomic E-state index is 0.0866. The first-order valence-electron chi connectivity index (χ1n) is 6.33. The molecule has 0 bridgehead atoms. The summed E-state index contributed by atoms with van der Waals surface area (Å²) >= 11 is 0. The monoisotopic (exact) mass is 288 g/mol. The summed E-state index contributed by atoms with van der Waals surface area (Å²) in [7, 11) is 0. The normalized spacial score (nSPS) is 10.8. The molecule has 4 N–H and O–H groups in total. The number of nitrogens with one attached hydrogen (secondary N) is 2. The fraction of sp³-hybridized carbons (Fsp3) is 0.154. The second-order valence-corrected chi connectivity index (χ2v) is 4.23. The third-order valence-electron chi connectivity index (χ3n) is 2.80. The molecule has 7 nitrogen and oxygen atoms in total. The molecule has 0 aliphatic rings. The molecular formula is C13H13FN6O. The summed E-state index contributed by atoms with van der Waals surface area (Å²) in [5.74, 6) is 0.267. The Hall–Kier alpha value is -2.90. The third-order valence-corrected chi connectivity index (χ3v) is 2.80. The second kappa shape index (κ2) is 5.23. The maximum absolute atomic E-state index is 13.8. The molecule has 0 aliphatic carbocycles. The van der Waals surface area contributed by atoms with E-state index in [-0.39, 0.29) is 11.7 Å². The van der Waals surface area contributed by atoms with Gasteiger partial charge in [-0.3, -0.25) is 0 Å². The van der Waals surface area contributed by atoms with Crippen LogP contribution in [0.4, 0.5) is 21.8 Å². The fourth-order valence-corrected chi connectivity index (χ4v) is 1.93. The third kappa shape index (κ3) is 2.55. The lowest BCUT2D eigenvalue weighted by Gasteiger charge is -2.09. The molecule has 21 heavy (non-hydrogen) atoms. The van der Waals surface area contributed by atoms with Crippen LogP contribution in [0.2, 0.25) is 0 Å². The van der Waals surface area contributed by atoms with Gasteiger partial charge in [0.15, 0.2) is 23.0 Å². The average Bonchev–Trinajstić information content (AvgIpc) is 2.90. The van der Waals surface area contributed by atoms with Crippen LogP contribution in [0.3, 0.4) is 0 Å². The maximum atomic E-state index is 13.8. The molecule has 108 valence electrons. The van der Waals surface area contributed by atoms with Crippen LogP contribution in [-0.4, -0.2) is 26.5 Å². The number of halogens is 1. The van der Waals surface area contributed by atoms with Crippen LogP contribution in [0, 0.1) is 5.82 Å². The van der Waals surface area contributed by atoms with Gasteiger partial charge >= 0.3 is 0 Å². The summed E-state index contributed by atoms with van der Waals surface area (Å²) < 4.78 is 19.0. The van der Waals surface area contributed by atoms with Crippen molar-refractivity contribution >= 4 is 28.6 Å². The molecule has 2 heterocycles. The van der Waals surface area contributed by atoms with Crippen molar-refractivity contribution in [1.29, 1.82) is 0 Å². The first kappa shape index (κ1) is 13.1. The number of ether oxygens (including phenoxy) is 1. The first-order chi connectivity index (χ1) is 10.2. The Kier molecular flexibility index (Phi) is 3.27. The molecule has 3 rings (SSSR count). The van der Waals surface area contributed by atoms with E-state index in [0.717, 1.165) is 0 Å². The SMILES string of the molecule is CCOc1ccc(Nc2nc(N)nc3nc[nH]c23)cc1F. The van der Waals surface area contributed by atoms with Crippen molar-refractivity contribution in [3.8, 4) is 5.75 Å². The molecule has 0 unspecified atom stereocenters. The molecule has 2 aromatic heterocycles. The number of benzene rings is 1. The van der Waals surface area contributed by atoms with Crippen LogP contribution in [0.1, 0.15) is 6.92 Å². The lowest BCUT2D eigenvalue weighted by atomic mass is 10.3. The molecular weight excluding hydrogens is 275 g/mol. The van der Waals surface area contributed by atoms with Gasteiger partial charge in [-0.2, -0.15) is 9.97 Å². The summed E-state index contributed by atoms with van der Waals surface area (Å²) in [5.41, 5.74) is 7.18. The van der Waals surface area contributed by atoms with Gasteiger partial charge in [-0.05, 0) is 19.1 Å². The minimum atomic E-state index is -0.454. The Labute approximate surface area is 119 Å². The van der Waals surface area contributed by atoms with E-state index in [4.69, 9.17) is 10.5 Å². The number of fused-ring (bicyclic) bond motifs is 1. The van der Waals surface area contributed by atoms with Gasteiger partial charge in [0.2, 0.25) is 5.95 Å². The predicted octanol–water partition coefficient (Wildman–Crippen LogP) is 2.22. The lowest BCUT2D eigenvalue weighted by Crippen LogP contribution is -2.02. The number of aromatic nitrogens is 4. The number of rotatable bonds is 4. The van der Waals surface area contributed by atoms with Gasteiger partial charge < -0.3 is 20.8 Å². The zero-order valence-corrected chi connectivity index (χ0v) is 11.2. The van der Waals surface area contributed by atoms with Gasteiger partial charge in [-0.1, -0.05) is 0 Å². The zero-order chi connectivity index (χ0) is 14.8. The summed E-state index contributed by atoms with van der Waals surface area (Å²) in [5, 5.41) is 2.99. The number of hydrogen-bond acceptors (Lipinski definition) is 6. The van der Waals surface area contributed by atoms with Crippen LogP contribution < -0.4 is 15.8 Å². The molecule has 0 saturated heterocycles. The van der Waals surface area contributed by atoms with E-state index in [1.807, 2.05) is 0 Å². The highest BCUT2D eigenvalue weighted by Crippen LogP contribution is 2.25. The minimum Gasteiger partial charge on any atom is -0.491 e. The van der Waals surface area contributed by atoms with Crippen molar-refractivity contribution in [2.45, 2.75) is 6.92 Å². The molecule has 3 aromatic rings. The zero-order valence-electron chi connectivity index (χ0n) is 11.2. The van der Waals surface area contributed by atoms with E-state index in [2.05, 4.69) is 25.3 Å². The molecule has 0 aliphatic heterocycles. The lowest BCUT2D eigenvalue weighted by molar-refractivity contribution is 0.321. The maximum Gasteiger partial charge on any atom is 0.224 e. The van der Waals surface area contributed by atoms with E-state index >= 15 is 0 Å². The van der Waals surface area contributed by atoms with Crippen LogP contribution in [0.25, 0.3) is 11.2 Å². The number of aromatic amines is 1. The second-order valence-electron chi connectivity index (χ2n) is 4.23. The summed E-state index contributed by atoms with van der Waals surface area (Å²) in [6.45, 7) is 2.20. The first-order valence-corrected chi connectivity index (χ1v) is 6.33. The largest absolute Gasteiger partial charge is 0.491 e. The van der Waals surface area contributed by atoms with Crippen LogP contribution in [0.15, 0.2) is 24.5 Å². The molecule has 0 fully saturated rings. The molecule has 1 aromatic carbocycles. The smallest absolute Gasteiger partial charge is 0.224 e. The van der Waals surface area contributed by atoms with E-state index in [1.54, 1.807) is 19.1 Å². The van der Waals surface area contributed by atoms with E-state index in [1.165, 1.54) is 12.4 Å². The number of anilines is 3. The standard InChI is InChI=1S/C13H13FN6O/c1-2-21-9-4-3-7(5-8(9)14)18-12-10-11(17-6-16-10)19-13(15)20-12/h3-6H,2H2,1H3,(H4,15,16,17,18,19,20). The van der Waals surface area contributed by atoms with Crippen molar-refractivity contribution in [2.75, 3.05) is 17.7 Å². The number of nitrogens with two attached hydrogens (primary N) is 1. The number of nitrogens with zero attached hydrogens (tertiary/aromatic N) is 3. The van der Waals surface area contributed by atoms with Crippen molar-refractivity contribution in [1.82, 2.24) is 19.9 Å². The van der Waals surface area contributed by atoms with E-state index in [9.17, 15) is 4.39 Å². The number of imidazole rings is 1. The summed E-state index contributed by atoms with van der Waals surface area (Å²) in [4.78, 5) is 15.0. The van der Waals surface area contributed by atoms with Gasteiger partial charge in [-0.15, -0.1) is 0 Å². The predicted molar refractivity (Wildman–Crippen MR) is 76.9 cm³/mol. The van der Waals surface area contributed by atoms with Gasteiger partial charge in [-0.25, -0.2) is 9.37 Å². The molecule has 0 radical (unpaired) electrons. The Balaban J connectivity index is 1.95. The van der Waals surface area contributed by atoms with Gasteiger partial charge in [0, 0.05) is 11.8 Å². The Morgan fingerprint density at radius 2 is 2.24 bits per heavy atom. The number of hydrogen-bond donors (Lipinski definition) is 3. The van der Waals surface area contributed by atoms with E-state index in [0.29, 0.717) is 29.3 Å². The Morgan fingerprint density at radius 3 is 3.00 bits per heavy atom. The van der Waals surface area contributed by atoms with E-state index < -0.39 is 5.82 Å². The fourth-order valence-electron chi connectivity index (χ4n) is 1.93. The molecule has 0 amide bonds.